The Morgan fingerprint density at radius 2 is 1.76 bits per heavy atom. The number of benzene rings is 1. The van der Waals surface area contributed by atoms with E-state index in [9.17, 15) is 18.0 Å². The van der Waals surface area contributed by atoms with Crippen molar-refractivity contribution in [1.82, 2.24) is 19.8 Å². The molecule has 2 fully saturated rings. The monoisotopic (exact) mass is 521 g/mol. The molecule has 202 valence electrons. The van der Waals surface area contributed by atoms with Crippen molar-refractivity contribution >= 4 is 11.9 Å². The molecule has 0 aliphatic carbocycles. The second-order valence-corrected chi connectivity index (χ2v) is 9.98. The van der Waals surface area contributed by atoms with E-state index < -0.39 is 19.1 Å². The summed E-state index contributed by atoms with van der Waals surface area (Å²) in [7, 11) is 0. The second kappa shape index (κ2) is 12.1. The molecule has 2 saturated heterocycles. The summed E-state index contributed by atoms with van der Waals surface area (Å²) in [4.78, 5) is 26.5. The summed E-state index contributed by atoms with van der Waals surface area (Å²) < 4.78 is 60.5. The van der Waals surface area contributed by atoms with E-state index in [0.717, 1.165) is 25.5 Å². The minimum Gasteiger partial charge on any atom is -0.449 e. The van der Waals surface area contributed by atoms with Crippen LogP contribution in [0.15, 0.2) is 42.7 Å². The number of rotatable bonds is 7. The molecule has 0 spiro atoms. The van der Waals surface area contributed by atoms with E-state index in [4.69, 9.17) is 7.48 Å². The lowest BCUT2D eigenvalue weighted by Crippen LogP contribution is -2.59. The van der Waals surface area contributed by atoms with Crippen molar-refractivity contribution in [2.24, 2.45) is 5.92 Å². The lowest BCUT2D eigenvalue weighted by molar-refractivity contribution is -0.127. The fourth-order valence-electron chi connectivity index (χ4n) is 5.09. The quantitative estimate of drug-likeness (QED) is 0.516. The SMILES string of the molecule is [2H]C([2H])(c1ccccc1)N1CCC(CCOC(=O)N2[C@H](C)CN(c3cnc(CC(F)(F)F)cn3)C[C@H]2C)CC1. The molecule has 0 N–H and O–H groups in total. The summed E-state index contributed by atoms with van der Waals surface area (Å²) in [6.07, 6.45) is -0.897. The van der Waals surface area contributed by atoms with Crippen molar-refractivity contribution in [2.45, 2.75) is 64.3 Å². The van der Waals surface area contributed by atoms with E-state index in [1.807, 2.05) is 54.0 Å². The van der Waals surface area contributed by atoms with Crippen LogP contribution in [-0.4, -0.2) is 76.9 Å². The molecule has 10 heteroatoms. The van der Waals surface area contributed by atoms with E-state index in [-0.39, 0.29) is 23.9 Å². The first kappa shape index (κ1) is 24.5. The lowest BCUT2D eigenvalue weighted by atomic mass is 9.93. The van der Waals surface area contributed by atoms with Crippen molar-refractivity contribution in [3.05, 3.63) is 54.0 Å². The van der Waals surface area contributed by atoms with Gasteiger partial charge in [0.15, 0.2) is 0 Å². The van der Waals surface area contributed by atoms with Crippen LogP contribution in [0.3, 0.4) is 0 Å². The third-order valence-corrected chi connectivity index (χ3v) is 6.95. The van der Waals surface area contributed by atoms with Crippen molar-refractivity contribution < 1.29 is 25.4 Å². The first-order valence-corrected chi connectivity index (χ1v) is 12.8. The standard InChI is InChI=1S/C27H36F3N5O2/c1-20-17-34(25-16-31-24(15-32-25)14-27(28,29)30)18-21(2)35(20)26(36)37-13-10-22-8-11-33(12-9-22)19-23-6-4-3-5-7-23/h3-7,15-16,20-22H,8-14,17-19H2,1-2H3/t20-,21-/m1/s1/i19D2. The van der Waals surface area contributed by atoms with Gasteiger partial charge in [0.2, 0.25) is 0 Å². The van der Waals surface area contributed by atoms with Crippen LogP contribution < -0.4 is 4.90 Å². The first-order chi connectivity index (χ1) is 18.4. The topological polar surface area (TPSA) is 61.8 Å². The third kappa shape index (κ3) is 7.80. The summed E-state index contributed by atoms with van der Waals surface area (Å²) in [5.41, 5.74) is 0.529. The van der Waals surface area contributed by atoms with Gasteiger partial charge in [-0.15, -0.1) is 0 Å². The number of amides is 1. The van der Waals surface area contributed by atoms with Crippen LogP contribution in [0.25, 0.3) is 0 Å². The molecule has 0 bridgehead atoms. The van der Waals surface area contributed by atoms with Crippen molar-refractivity contribution in [3.8, 4) is 0 Å². The maximum absolute atomic E-state index is 12.9. The fraction of sp³-hybridized carbons (Fsp3) is 0.593. The molecule has 2 atom stereocenters. The average molecular weight is 522 g/mol. The van der Waals surface area contributed by atoms with Gasteiger partial charge in [-0.3, -0.25) is 14.8 Å². The van der Waals surface area contributed by atoms with E-state index >= 15 is 0 Å². The highest BCUT2D eigenvalue weighted by atomic mass is 19.4. The number of carbonyl (C=O) groups excluding carboxylic acids is 1. The summed E-state index contributed by atoms with van der Waals surface area (Å²) >= 11 is 0. The van der Waals surface area contributed by atoms with Crippen LogP contribution in [0, 0.1) is 5.92 Å². The number of piperazine rings is 1. The van der Waals surface area contributed by atoms with Gasteiger partial charge in [-0.2, -0.15) is 13.2 Å². The summed E-state index contributed by atoms with van der Waals surface area (Å²) in [5.74, 6) is 0.849. The van der Waals surface area contributed by atoms with Crippen LogP contribution >= 0.6 is 0 Å². The Morgan fingerprint density at radius 3 is 2.35 bits per heavy atom. The van der Waals surface area contributed by atoms with Gasteiger partial charge in [-0.1, -0.05) is 30.3 Å². The third-order valence-electron chi connectivity index (χ3n) is 6.95. The number of nitrogens with zero attached hydrogens (tertiary/aromatic N) is 5. The van der Waals surface area contributed by atoms with Gasteiger partial charge in [0.05, 0.1) is 43.2 Å². The van der Waals surface area contributed by atoms with Crippen LogP contribution in [0.2, 0.25) is 0 Å². The van der Waals surface area contributed by atoms with Crippen LogP contribution in [0.5, 0.6) is 0 Å². The molecule has 0 radical (unpaired) electrons. The molecule has 2 aliphatic heterocycles. The zero-order valence-electron chi connectivity index (χ0n) is 23.3. The minimum atomic E-state index is -4.33. The van der Waals surface area contributed by atoms with Crippen LogP contribution in [0.4, 0.5) is 23.8 Å². The van der Waals surface area contributed by atoms with Gasteiger partial charge in [-0.25, -0.2) is 9.78 Å². The Morgan fingerprint density at radius 1 is 1.08 bits per heavy atom. The number of hydrogen-bond donors (Lipinski definition) is 0. The molecular formula is C27H36F3N5O2. The highest BCUT2D eigenvalue weighted by molar-refractivity contribution is 5.69. The molecule has 4 rings (SSSR count). The molecule has 1 amide bonds. The van der Waals surface area contributed by atoms with Gasteiger partial charge < -0.3 is 9.64 Å². The van der Waals surface area contributed by atoms with E-state index in [1.54, 1.807) is 4.90 Å². The Bertz CT molecular complexity index is 1070. The van der Waals surface area contributed by atoms with E-state index in [1.165, 1.54) is 6.20 Å². The molecule has 0 saturated carbocycles. The molecule has 1 aromatic heterocycles. The first-order valence-electron chi connectivity index (χ1n) is 13.8. The molecule has 37 heavy (non-hydrogen) atoms. The average Bonchev–Trinajstić information content (AvgIpc) is 2.88. The lowest BCUT2D eigenvalue weighted by Gasteiger charge is -2.44. The highest BCUT2D eigenvalue weighted by Gasteiger charge is 2.35. The Hall–Kier alpha value is -2.88. The Labute approximate surface area is 219 Å². The van der Waals surface area contributed by atoms with Gasteiger partial charge in [0.25, 0.3) is 0 Å². The number of ether oxygens (including phenoxy) is 1. The smallest absolute Gasteiger partial charge is 0.410 e. The highest BCUT2D eigenvalue weighted by Crippen LogP contribution is 2.25. The maximum atomic E-state index is 12.9. The summed E-state index contributed by atoms with van der Waals surface area (Å²) in [6, 6.07) is 8.85. The Balaban J connectivity index is 1.21. The molecule has 1 aromatic carbocycles. The van der Waals surface area contributed by atoms with Gasteiger partial charge in [-0.05, 0) is 57.7 Å². The number of anilines is 1. The molecule has 2 aliphatic rings. The van der Waals surface area contributed by atoms with Gasteiger partial charge >= 0.3 is 12.3 Å². The summed E-state index contributed by atoms with van der Waals surface area (Å²) in [5, 5.41) is 0. The van der Waals surface area contributed by atoms with Crippen LogP contribution in [-0.2, 0) is 17.7 Å². The van der Waals surface area contributed by atoms with Crippen molar-refractivity contribution in [2.75, 3.05) is 37.7 Å². The van der Waals surface area contributed by atoms with Crippen LogP contribution in [0.1, 0.15) is 47.1 Å². The van der Waals surface area contributed by atoms with Gasteiger partial charge in [0.1, 0.15) is 5.82 Å². The summed E-state index contributed by atoms with van der Waals surface area (Å²) in [6.45, 7) is 4.85. The molecule has 3 heterocycles. The normalized spacial score (nSPS) is 22.9. The van der Waals surface area contributed by atoms with E-state index in [2.05, 4.69) is 9.97 Å². The van der Waals surface area contributed by atoms with Gasteiger partial charge in [0, 0.05) is 22.3 Å². The van der Waals surface area contributed by atoms with Crippen molar-refractivity contribution in [1.29, 1.82) is 0 Å². The number of carbonyl (C=O) groups is 1. The molecular weight excluding hydrogens is 483 g/mol. The largest absolute Gasteiger partial charge is 0.449 e. The number of aromatic nitrogens is 2. The number of likely N-dealkylation sites (tertiary alicyclic amines) is 1. The maximum Gasteiger partial charge on any atom is 0.410 e. The predicted molar refractivity (Wildman–Crippen MR) is 135 cm³/mol. The zero-order chi connectivity index (χ0) is 28.2. The molecule has 2 aromatic rings. The van der Waals surface area contributed by atoms with Crippen molar-refractivity contribution in [3.63, 3.8) is 0 Å². The molecule has 7 nitrogen and oxygen atoms in total. The fourth-order valence-corrected chi connectivity index (χ4v) is 5.09. The zero-order valence-corrected chi connectivity index (χ0v) is 21.3. The number of alkyl halides is 3. The number of piperidine rings is 1. The second-order valence-electron chi connectivity index (χ2n) is 9.98. The minimum absolute atomic E-state index is 0.129. The Kier molecular flexibility index (Phi) is 8.00. The predicted octanol–water partition coefficient (Wildman–Crippen LogP) is 4.92. The van der Waals surface area contributed by atoms with E-state index in [0.29, 0.717) is 50.1 Å². The number of hydrogen-bond acceptors (Lipinski definition) is 6. The molecule has 0 unspecified atom stereocenters. The number of halogens is 3.